The minimum absolute atomic E-state index is 0.0154. The Balaban J connectivity index is 1.59. The SMILES string of the molecule is COc1cccc2c1N(C(=O)C1CC(=O)N(c3cccc(Cl)c3)C1)CCC2. The molecule has 2 heterocycles. The third kappa shape index (κ3) is 3.28. The number of ether oxygens (including phenoxy) is 1. The average molecular weight is 385 g/mol. The first-order valence-electron chi connectivity index (χ1n) is 9.11. The molecular weight excluding hydrogens is 364 g/mol. The smallest absolute Gasteiger partial charge is 0.232 e. The minimum Gasteiger partial charge on any atom is -0.495 e. The van der Waals surface area contributed by atoms with Crippen molar-refractivity contribution in [2.75, 3.05) is 30.0 Å². The van der Waals surface area contributed by atoms with E-state index in [0.29, 0.717) is 23.9 Å². The molecule has 2 amide bonds. The second-order valence-corrected chi connectivity index (χ2v) is 7.38. The lowest BCUT2D eigenvalue weighted by atomic mass is 9.98. The Morgan fingerprint density at radius 1 is 1.22 bits per heavy atom. The monoisotopic (exact) mass is 384 g/mol. The van der Waals surface area contributed by atoms with Gasteiger partial charge in [0.25, 0.3) is 0 Å². The lowest BCUT2D eigenvalue weighted by Crippen LogP contribution is -2.40. The second kappa shape index (κ2) is 7.24. The number of nitrogens with zero attached hydrogens (tertiary/aromatic N) is 2. The van der Waals surface area contributed by atoms with Crippen molar-refractivity contribution in [2.24, 2.45) is 5.92 Å². The molecule has 4 rings (SSSR count). The molecule has 2 aromatic rings. The predicted molar refractivity (Wildman–Crippen MR) is 106 cm³/mol. The van der Waals surface area contributed by atoms with Gasteiger partial charge in [0.2, 0.25) is 11.8 Å². The summed E-state index contributed by atoms with van der Waals surface area (Å²) in [6, 6.07) is 13.0. The molecule has 0 N–H and O–H groups in total. The van der Waals surface area contributed by atoms with E-state index >= 15 is 0 Å². The number of anilines is 2. The molecule has 1 unspecified atom stereocenters. The fraction of sp³-hybridized carbons (Fsp3) is 0.333. The quantitative estimate of drug-likeness (QED) is 0.811. The molecule has 2 aromatic carbocycles. The Morgan fingerprint density at radius 2 is 2.04 bits per heavy atom. The Bertz CT molecular complexity index is 884. The summed E-state index contributed by atoms with van der Waals surface area (Å²) in [4.78, 5) is 29.3. The molecule has 5 nitrogen and oxygen atoms in total. The molecule has 1 fully saturated rings. The third-order valence-corrected chi connectivity index (χ3v) is 5.50. The topological polar surface area (TPSA) is 49.9 Å². The van der Waals surface area contributed by atoms with Crippen LogP contribution in [0.3, 0.4) is 0 Å². The van der Waals surface area contributed by atoms with Crippen molar-refractivity contribution in [1.29, 1.82) is 0 Å². The van der Waals surface area contributed by atoms with Crippen LogP contribution in [-0.4, -0.2) is 32.0 Å². The molecular formula is C21H21ClN2O3. The van der Waals surface area contributed by atoms with E-state index < -0.39 is 0 Å². The fourth-order valence-electron chi connectivity index (χ4n) is 3.99. The number of rotatable bonds is 3. The number of carbonyl (C=O) groups is 2. The first kappa shape index (κ1) is 17.9. The van der Waals surface area contributed by atoms with Gasteiger partial charge in [-0.1, -0.05) is 29.8 Å². The lowest BCUT2D eigenvalue weighted by molar-refractivity contribution is -0.124. The minimum atomic E-state index is -0.368. The van der Waals surface area contributed by atoms with Crippen molar-refractivity contribution in [3.63, 3.8) is 0 Å². The Morgan fingerprint density at radius 3 is 2.81 bits per heavy atom. The van der Waals surface area contributed by atoms with Gasteiger partial charge in [-0.25, -0.2) is 0 Å². The summed E-state index contributed by atoms with van der Waals surface area (Å²) in [5.74, 6) is 0.273. The number of methoxy groups -OCH3 is 1. The fourth-order valence-corrected chi connectivity index (χ4v) is 4.17. The summed E-state index contributed by atoms with van der Waals surface area (Å²) in [6.45, 7) is 1.02. The van der Waals surface area contributed by atoms with Crippen LogP contribution in [0.5, 0.6) is 5.75 Å². The Hall–Kier alpha value is -2.53. The van der Waals surface area contributed by atoms with Crippen LogP contribution in [0.4, 0.5) is 11.4 Å². The maximum atomic E-state index is 13.3. The first-order chi connectivity index (χ1) is 13.1. The highest BCUT2D eigenvalue weighted by molar-refractivity contribution is 6.31. The summed E-state index contributed by atoms with van der Waals surface area (Å²) >= 11 is 6.05. The predicted octanol–water partition coefficient (Wildman–Crippen LogP) is 3.68. The second-order valence-electron chi connectivity index (χ2n) is 6.95. The van der Waals surface area contributed by atoms with E-state index in [-0.39, 0.29) is 24.2 Å². The number of amides is 2. The maximum Gasteiger partial charge on any atom is 0.232 e. The van der Waals surface area contributed by atoms with Crippen molar-refractivity contribution in [3.05, 3.63) is 53.1 Å². The van der Waals surface area contributed by atoms with Crippen LogP contribution in [0.2, 0.25) is 5.02 Å². The van der Waals surface area contributed by atoms with Gasteiger partial charge in [0.15, 0.2) is 0 Å². The van der Waals surface area contributed by atoms with Crippen LogP contribution >= 0.6 is 11.6 Å². The zero-order valence-corrected chi connectivity index (χ0v) is 15.9. The van der Waals surface area contributed by atoms with Gasteiger partial charge in [-0.05, 0) is 42.7 Å². The number of carbonyl (C=O) groups excluding carboxylic acids is 2. The number of halogens is 1. The van der Waals surface area contributed by atoms with Crippen LogP contribution in [0, 0.1) is 5.92 Å². The molecule has 0 aliphatic carbocycles. The number of aryl methyl sites for hydroxylation is 1. The molecule has 140 valence electrons. The zero-order valence-electron chi connectivity index (χ0n) is 15.2. The molecule has 1 saturated heterocycles. The molecule has 0 aromatic heterocycles. The largest absolute Gasteiger partial charge is 0.495 e. The number of benzene rings is 2. The summed E-state index contributed by atoms with van der Waals surface area (Å²) < 4.78 is 5.49. The van der Waals surface area contributed by atoms with E-state index in [9.17, 15) is 9.59 Å². The van der Waals surface area contributed by atoms with Crippen LogP contribution in [-0.2, 0) is 16.0 Å². The van der Waals surface area contributed by atoms with Gasteiger partial charge in [-0.3, -0.25) is 9.59 Å². The van der Waals surface area contributed by atoms with Gasteiger partial charge in [-0.2, -0.15) is 0 Å². The van der Waals surface area contributed by atoms with E-state index in [1.165, 1.54) is 0 Å². The highest BCUT2D eigenvalue weighted by atomic mass is 35.5. The molecule has 0 spiro atoms. The zero-order chi connectivity index (χ0) is 19.0. The van der Waals surface area contributed by atoms with Crippen molar-refractivity contribution in [3.8, 4) is 5.75 Å². The summed E-state index contributed by atoms with van der Waals surface area (Å²) in [5.41, 5.74) is 2.70. The number of hydrogen-bond acceptors (Lipinski definition) is 3. The van der Waals surface area contributed by atoms with Crippen molar-refractivity contribution in [2.45, 2.75) is 19.3 Å². The molecule has 2 aliphatic rings. The summed E-state index contributed by atoms with van der Waals surface area (Å²) in [6.07, 6.45) is 2.05. The highest BCUT2D eigenvalue weighted by Crippen LogP contribution is 2.38. The average Bonchev–Trinajstić information content (AvgIpc) is 3.08. The Kier molecular flexibility index (Phi) is 4.79. The van der Waals surface area contributed by atoms with E-state index in [4.69, 9.17) is 16.3 Å². The molecule has 0 saturated carbocycles. The van der Waals surface area contributed by atoms with Crippen LogP contribution in [0.25, 0.3) is 0 Å². The highest BCUT2D eigenvalue weighted by Gasteiger charge is 2.39. The molecule has 1 atom stereocenters. The third-order valence-electron chi connectivity index (χ3n) is 5.26. The van der Waals surface area contributed by atoms with Crippen molar-refractivity contribution < 1.29 is 14.3 Å². The lowest BCUT2D eigenvalue weighted by Gasteiger charge is -2.32. The van der Waals surface area contributed by atoms with Crippen molar-refractivity contribution in [1.82, 2.24) is 0 Å². The van der Waals surface area contributed by atoms with E-state index in [1.54, 1.807) is 29.0 Å². The summed E-state index contributed by atoms with van der Waals surface area (Å²) in [5, 5.41) is 0.574. The van der Waals surface area contributed by atoms with Gasteiger partial charge in [0, 0.05) is 30.2 Å². The number of fused-ring (bicyclic) bond motifs is 1. The van der Waals surface area contributed by atoms with Crippen LogP contribution in [0.15, 0.2) is 42.5 Å². The molecule has 6 heteroatoms. The van der Waals surface area contributed by atoms with E-state index in [1.807, 2.05) is 30.3 Å². The van der Waals surface area contributed by atoms with Crippen LogP contribution < -0.4 is 14.5 Å². The molecule has 27 heavy (non-hydrogen) atoms. The van der Waals surface area contributed by atoms with Gasteiger partial charge < -0.3 is 14.5 Å². The van der Waals surface area contributed by atoms with Gasteiger partial charge in [0.1, 0.15) is 5.75 Å². The van der Waals surface area contributed by atoms with Gasteiger partial charge in [-0.15, -0.1) is 0 Å². The standard InChI is InChI=1S/C21H21ClN2O3/c1-27-18-9-2-5-14-6-4-10-23(20(14)18)21(26)15-11-19(25)24(13-15)17-8-3-7-16(22)12-17/h2-3,5,7-9,12,15H,4,6,10-11,13H2,1H3. The van der Waals surface area contributed by atoms with Gasteiger partial charge in [0.05, 0.1) is 18.7 Å². The summed E-state index contributed by atoms with van der Waals surface area (Å²) in [7, 11) is 1.62. The van der Waals surface area contributed by atoms with E-state index in [0.717, 1.165) is 29.8 Å². The van der Waals surface area contributed by atoms with Gasteiger partial charge >= 0.3 is 0 Å². The van der Waals surface area contributed by atoms with Crippen molar-refractivity contribution >= 4 is 34.8 Å². The number of para-hydroxylation sites is 1. The Labute approximate surface area is 163 Å². The molecule has 0 bridgehead atoms. The first-order valence-corrected chi connectivity index (χ1v) is 9.49. The van der Waals surface area contributed by atoms with E-state index in [2.05, 4.69) is 0 Å². The number of hydrogen-bond donors (Lipinski definition) is 0. The molecule has 2 aliphatic heterocycles. The maximum absolute atomic E-state index is 13.3. The molecule has 0 radical (unpaired) electrons. The van der Waals surface area contributed by atoms with Crippen LogP contribution in [0.1, 0.15) is 18.4 Å². The normalized spacial score (nSPS) is 19.2.